The van der Waals surface area contributed by atoms with Crippen molar-refractivity contribution in [3.63, 3.8) is 0 Å². The lowest BCUT2D eigenvalue weighted by atomic mass is 10.1. The Kier molecular flexibility index (Phi) is 3.63. The maximum Gasteiger partial charge on any atom is 0.248 e. The van der Waals surface area contributed by atoms with Gasteiger partial charge in [-0.3, -0.25) is 9.69 Å². The van der Waals surface area contributed by atoms with Crippen LogP contribution in [-0.4, -0.2) is 46.6 Å². The number of aromatic amines is 1. The summed E-state index contributed by atoms with van der Waals surface area (Å²) in [6.45, 7) is 3.64. The number of nitrogens with zero attached hydrogens (tertiary/aromatic N) is 2. The van der Waals surface area contributed by atoms with Crippen LogP contribution in [0.1, 0.15) is 28.2 Å². The van der Waals surface area contributed by atoms with E-state index >= 15 is 0 Å². The van der Waals surface area contributed by atoms with Crippen LogP contribution in [0.25, 0.3) is 11.4 Å². The lowest BCUT2D eigenvalue weighted by Crippen LogP contribution is -2.39. The van der Waals surface area contributed by atoms with Crippen LogP contribution in [0.3, 0.4) is 0 Å². The van der Waals surface area contributed by atoms with Crippen LogP contribution in [0.2, 0.25) is 0 Å². The van der Waals surface area contributed by atoms with E-state index in [2.05, 4.69) is 9.88 Å². The van der Waals surface area contributed by atoms with E-state index in [0.29, 0.717) is 11.6 Å². The minimum absolute atomic E-state index is 0.412. The predicted molar refractivity (Wildman–Crippen MR) is 85.9 cm³/mol. The van der Waals surface area contributed by atoms with Gasteiger partial charge >= 0.3 is 0 Å². The largest absolute Gasteiger partial charge is 0.380 e. The van der Waals surface area contributed by atoms with E-state index in [-0.39, 0.29) is 0 Å². The number of rotatable bonds is 3. The molecule has 0 spiro atoms. The highest BCUT2D eigenvalue weighted by Gasteiger charge is 2.28. The van der Waals surface area contributed by atoms with Gasteiger partial charge in [-0.2, -0.15) is 0 Å². The maximum atomic E-state index is 11.2. The molecule has 1 amide bonds. The molecule has 6 nitrogen and oxygen atoms in total. The molecule has 1 fully saturated rings. The monoisotopic (exact) mass is 312 g/mol. The number of aromatic nitrogens is 2. The molecule has 2 aliphatic rings. The summed E-state index contributed by atoms with van der Waals surface area (Å²) in [4.78, 5) is 21.8. The van der Waals surface area contributed by atoms with Crippen molar-refractivity contribution in [3.8, 4) is 11.4 Å². The predicted octanol–water partition coefficient (Wildman–Crippen LogP) is 1.32. The zero-order valence-electron chi connectivity index (χ0n) is 12.9. The van der Waals surface area contributed by atoms with Gasteiger partial charge in [-0.05, 0) is 18.6 Å². The van der Waals surface area contributed by atoms with Crippen molar-refractivity contribution in [1.29, 1.82) is 0 Å². The number of primary amides is 1. The van der Waals surface area contributed by atoms with Crippen LogP contribution < -0.4 is 5.73 Å². The molecule has 3 heterocycles. The highest BCUT2D eigenvalue weighted by molar-refractivity contribution is 5.93. The summed E-state index contributed by atoms with van der Waals surface area (Å²) >= 11 is 0. The van der Waals surface area contributed by atoms with E-state index < -0.39 is 5.91 Å². The van der Waals surface area contributed by atoms with Gasteiger partial charge in [-0.1, -0.05) is 12.1 Å². The molecule has 1 atom stereocenters. The van der Waals surface area contributed by atoms with Crippen LogP contribution in [0.4, 0.5) is 0 Å². The number of carbonyl (C=O) groups is 1. The number of hydrogen-bond acceptors (Lipinski definition) is 4. The van der Waals surface area contributed by atoms with Crippen LogP contribution in [-0.2, 0) is 17.7 Å². The molecular weight excluding hydrogens is 292 g/mol. The number of carbonyl (C=O) groups excluding carboxylic acids is 1. The summed E-state index contributed by atoms with van der Waals surface area (Å²) in [6.07, 6.45) is 2.08. The van der Waals surface area contributed by atoms with Crippen molar-refractivity contribution in [1.82, 2.24) is 14.9 Å². The van der Waals surface area contributed by atoms with Gasteiger partial charge in [0.15, 0.2) is 0 Å². The first-order chi connectivity index (χ1) is 11.2. The van der Waals surface area contributed by atoms with E-state index in [1.807, 2.05) is 12.1 Å². The van der Waals surface area contributed by atoms with Gasteiger partial charge in [0.25, 0.3) is 0 Å². The van der Waals surface area contributed by atoms with Crippen molar-refractivity contribution in [2.24, 2.45) is 5.73 Å². The molecule has 0 aliphatic carbocycles. The molecule has 23 heavy (non-hydrogen) atoms. The Morgan fingerprint density at radius 1 is 1.35 bits per heavy atom. The molecule has 1 unspecified atom stereocenters. The average Bonchev–Trinajstić information content (AvgIpc) is 3.23. The number of nitrogens with two attached hydrogens (primary N) is 1. The molecule has 3 N–H and O–H groups in total. The number of hydrogen-bond donors (Lipinski definition) is 2. The van der Waals surface area contributed by atoms with Crippen LogP contribution >= 0.6 is 0 Å². The van der Waals surface area contributed by atoms with Crippen molar-refractivity contribution in [2.75, 3.05) is 19.8 Å². The smallest absolute Gasteiger partial charge is 0.248 e. The summed E-state index contributed by atoms with van der Waals surface area (Å²) < 4.78 is 5.50. The molecule has 1 saturated heterocycles. The summed E-state index contributed by atoms with van der Waals surface area (Å²) in [5.74, 6) is 0.445. The lowest BCUT2D eigenvalue weighted by Gasteiger charge is -2.30. The SMILES string of the molecule is NC(=O)c1ccc(-c2nc3c([nH]2)CN(C2CCOC2)CC3)cc1. The second-order valence-electron chi connectivity index (χ2n) is 6.19. The normalized spacial score (nSPS) is 21.3. The van der Waals surface area contributed by atoms with Crippen LogP contribution in [0, 0.1) is 0 Å². The number of amides is 1. The fourth-order valence-electron chi connectivity index (χ4n) is 3.37. The molecule has 4 rings (SSSR count). The van der Waals surface area contributed by atoms with Gasteiger partial charge in [-0.15, -0.1) is 0 Å². The lowest BCUT2D eigenvalue weighted by molar-refractivity contribution is 0.100. The van der Waals surface area contributed by atoms with Gasteiger partial charge in [0.05, 0.1) is 18.0 Å². The fraction of sp³-hybridized carbons (Fsp3) is 0.412. The zero-order chi connectivity index (χ0) is 15.8. The third-order valence-electron chi connectivity index (χ3n) is 4.73. The Hall–Kier alpha value is -2.18. The first-order valence-electron chi connectivity index (χ1n) is 8.00. The van der Waals surface area contributed by atoms with E-state index in [4.69, 9.17) is 15.5 Å². The highest BCUT2D eigenvalue weighted by Crippen LogP contribution is 2.25. The third kappa shape index (κ3) is 2.75. The summed E-state index contributed by atoms with van der Waals surface area (Å²) in [6, 6.07) is 7.77. The molecule has 0 saturated carbocycles. The number of imidazole rings is 1. The first-order valence-corrected chi connectivity index (χ1v) is 8.00. The molecule has 0 radical (unpaired) electrons. The second-order valence-corrected chi connectivity index (χ2v) is 6.19. The standard InChI is InChI=1S/C17H20N4O2/c18-16(22)11-1-3-12(4-2-11)17-19-14-5-7-21(9-15(14)20-17)13-6-8-23-10-13/h1-4,13H,5-10H2,(H2,18,22)(H,19,20). The van der Waals surface area contributed by atoms with E-state index in [0.717, 1.165) is 56.2 Å². The quantitative estimate of drug-likeness (QED) is 0.895. The first kappa shape index (κ1) is 14.4. The molecule has 1 aromatic carbocycles. The minimum atomic E-state index is -0.412. The van der Waals surface area contributed by atoms with Crippen molar-refractivity contribution < 1.29 is 9.53 Å². The third-order valence-corrected chi connectivity index (χ3v) is 4.73. The zero-order valence-corrected chi connectivity index (χ0v) is 12.9. The highest BCUT2D eigenvalue weighted by atomic mass is 16.5. The Morgan fingerprint density at radius 2 is 2.17 bits per heavy atom. The number of nitrogens with one attached hydrogen (secondary N) is 1. The number of benzene rings is 1. The topological polar surface area (TPSA) is 84.2 Å². The number of ether oxygens (including phenoxy) is 1. The Bertz CT molecular complexity index is 717. The molecule has 2 aliphatic heterocycles. The van der Waals surface area contributed by atoms with Crippen LogP contribution in [0.5, 0.6) is 0 Å². The fourth-order valence-corrected chi connectivity index (χ4v) is 3.37. The van der Waals surface area contributed by atoms with Gasteiger partial charge in [0.1, 0.15) is 5.82 Å². The Labute approximate surface area is 134 Å². The van der Waals surface area contributed by atoms with E-state index in [1.54, 1.807) is 12.1 Å². The van der Waals surface area contributed by atoms with Gasteiger partial charge in [0.2, 0.25) is 5.91 Å². The Balaban J connectivity index is 1.55. The van der Waals surface area contributed by atoms with Crippen molar-refractivity contribution in [3.05, 3.63) is 41.2 Å². The summed E-state index contributed by atoms with van der Waals surface area (Å²) in [5, 5.41) is 0. The Morgan fingerprint density at radius 3 is 2.87 bits per heavy atom. The molecule has 2 aromatic rings. The summed E-state index contributed by atoms with van der Waals surface area (Å²) in [5.41, 5.74) is 9.10. The maximum absolute atomic E-state index is 11.2. The molecule has 0 bridgehead atoms. The van der Waals surface area contributed by atoms with E-state index in [9.17, 15) is 4.79 Å². The average molecular weight is 312 g/mol. The van der Waals surface area contributed by atoms with Gasteiger partial charge < -0.3 is 15.5 Å². The van der Waals surface area contributed by atoms with Crippen molar-refractivity contribution in [2.45, 2.75) is 25.4 Å². The van der Waals surface area contributed by atoms with Crippen molar-refractivity contribution >= 4 is 5.91 Å². The summed E-state index contributed by atoms with van der Waals surface area (Å²) in [7, 11) is 0. The molecule has 120 valence electrons. The molecule has 6 heteroatoms. The molecular formula is C17H20N4O2. The number of fused-ring (bicyclic) bond motifs is 1. The second kappa shape index (κ2) is 5.79. The molecule has 1 aromatic heterocycles. The number of H-pyrrole nitrogens is 1. The van der Waals surface area contributed by atoms with Gasteiger partial charge in [-0.25, -0.2) is 4.98 Å². The van der Waals surface area contributed by atoms with Gasteiger partial charge in [0, 0.05) is 43.3 Å². The van der Waals surface area contributed by atoms with E-state index in [1.165, 1.54) is 5.69 Å². The minimum Gasteiger partial charge on any atom is -0.380 e. The van der Waals surface area contributed by atoms with Crippen LogP contribution in [0.15, 0.2) is 24.3 Å².